The van der Waals surface area contributed by atoms with Crippen molar-refractivity contribution < 1.29 is 8.42 Å². The zero-order chi connectivity index (χ0) is 11.5. The molecule has 4 nitrogen and oxygen atoms in total. The minimum atomic E-state index is -3.52. The van der Waals surface area contributed by atoms with E-state index in [1.807, 2.05) is 0 Å². The van der Waals surface area contributed by atoms with Crippen LogP contribution in [0, 0.1) is 0 Å². The van der Waals surface area contributed by atoms with Crippen LogP contribution in [0.2, 0.25) is 0 Å². The minimum absolute atomic E-state index is 0.103. The molecule has 82 valence electrons. The maximum atomic E-state index is 11.7. The van der Waals surface area contributed by atoms with Crippen molar-refractivity contribution in [2.24, 2.45) is 0 Å². The molecule has 0 heterocycles. The van der Waals surface area contributed by atoms with Gasteiger partial charge < -0.3 is 5.73 Å². The van der Waals surface area contributed by atoms with Crippen LogP contribution in [0.25, 0.3) is 0 Å². The average Bonchev–Trinajstić information content (AvgIpc) is 2.15. The van der Waals surface area contributed by atoms with Gasteiger partial charge in [0, 0.05) is 6.54 Å². The van der Waals surface area contributed by atoms with E-state index >= 15 is 0 Å². The fraction of sp³-hybridized carbons (Fsp3) is 0.200. The Labute approximate surface area is 89.9 Å². The number of benzene rings is 1. The molecule has 15 heavy (non-hydrogen) atoms. The summed E-state index contributed by atoms with van der Waals surface area (Å²) in [6, 6.07) is 6.34. The third-order valence-corrected chi connectivity index (χ3v) is 3.25. The van der Waals surface area contributed by atoms with Crippen LogP contribution in [0.5, 0.6) is 0 Å². The van der Waals surface area contributed by atoms with Gasteiger partial charge >= 0.3 is 0 Å². The lowest BCUT2D eigenvalue weighted by atomic mass is 10.3. The van der Waals surface area contributed by atoms with E-state index < -0.39 is 10.0 Å². The summed E-state index contributed by atoms with van der Waals surface area (Å²) >= 11 is 0. The average molecular weight is 226 g/mol. The number of hydrogen-bond acceptors (Lipinski definition) is 3. The topological polar surface area (TPSA) is 72.2 Å². The fourth-order valence-corrected chi connectivity index (χ4v) is 2.25. The molecule has 1 aromatic carbocycles. The molecule has 0 aromatic heterocycles. The van der Waals surface area contributed by atoms with Crippen molar-refractivity contribution in [1.82, 2.24) is 4.72 Å². The third kappa shape index (κ3) is 3.07. The van der Waals surface area contributed by atoms with Gasteiger partial charge in [0.2, 0.25) is 10.0 Å². The number of nitrogen functional groups attached to an aromatic ring is 1. The van der Waals surface area contributed by atoms with Crippen molar-refractivity contribution in [3.05, 3.63) is 36.4 Å². The molecule has 0 fully saturated rings. The predicted molar refractivity (Wildman–Crippen MR) is 60.9 cm³/mol. The molecule has 5 heteroatoms. The monoisotopic (exact) mass is 226 g/mol. The largest absolute Gasteiger partial charge is 0.398 e. The van der Waals surface area contributed by atoms with E-state index in [-0.39, 0.29) is 17.1 Å². The van der Waals surface area contributed by atoms with Crippen molar-refractivity contribution in [3.63, 3.8) is 0 Å². The Bertz CT molecular complexity index is 466. The smallest absolute Gasteiger partial charge is 0.242 e. The van der Waals surface area contributed by atoms with E-state index in [0.29, 0.717) is 0 Å². The van der Waals surface area contributed by atoms with Crippen LogP contribution in [-0.4, -0.2) is 15.0 Å². The van der Waals surface area contributed by atoms with Gasteiger partial charge in [-0.05, 0) is 19.1 Å². The molecule has 0 aliphatic carbocycles. The van der Waals surface area contributed by atoms with Gasteiger partial charge in [-0.2, -0.15) is 0 Å². The fourth-order valence-electron chi connectivity index (χ4n) is 1.02. The highest BCUT2D eigenvalue weighted by Gasteiger charge is 2.15. The summed E-state index contributed by atoms with van der Waals surface area (Å²) in [4.78, 5) is 0.103. The van der Waals surface area contributed by atoms with Crippen LogP contribution >= 0.6 is 0 Å². The molecule has 0 radical (unpaired) electrons. The molecule has 0 amide bonds. The molecule has 0 saturated carbocycles. The van der Waals surface area contributed by atoms with Crippen molar-refractivity contribution in [3.8, 4) is 0 Å². The summed E-state index contributed by atoms with van der Waals surface area (Å²) in [6.07, 6.45) is 0. The molecule has 0 saturated heterocycles. The van der Waals surface area contributed by atoms with E-state index in [4.69, 9.17) is 5.73 Å². The molecule has 3 N–H and O–H groups in total. The summed E-state index contributed by atoms with van der Waals surface area (Å²) in [5.41, 5.74) is 6.56. The zero-order valence-corrected chi connectivity index (χ0v) is 9.34. The Morgan fingerprint density at radius 3 is 2.60 bits per heavy atom. The first-order valence-electron chi connectivity index (χ1n) is 4.42. The third-order valence-electron chi connectivity index (χ3n) is 1.77. The molecule has 1 rings (SSSR count). The lowest BCUT2D eigenvalue weighted by molar-refractivity contribution is 0.585. The van der Waals surface area contributed by atoms with Crippen molar-refractivity contribution in [2.45, 2.75) is 11.8 Å². The predicted octanol–water partition coefficient (Wildman–Crippen LogP) is 1.12. The highest BCUT2D eigenvalue weighted by atomic mass is 32.2. The summed E-state index contributed by atoms with van der Waals surface area (Å²) < 4.78 is 25.9. The molecule has 0 atom stereocenters. The van der Waals surface area contributed by atoms with Crippen LogP contribution in [-0.2, 0) is 10.0 Å². The van der Waals surface area contributed by atoms with Gasteiger partial charge in [0.1, 0.15) is 4.90 Å². The summed E-state index contributed by atoms with van der Waals surface area (Å²) in [7, 11) is -3.52. The van der Waals surface area contributed by atoms with Gasteiger partial charge in [-0.15, -0.1) is 0 Å². The van der Waals surface area contributed by atoms with Crippen LogP contribution in [0.4, 0.5) is 5.69 Å². The molecule has 0 aliphatic heterocycles. The number of anilines is 1. The van der Waals surface area contributed by atoms with E-state index in [2.05, 4.69) is 11.3 Å². The van der Waals surface area contributed by atoms with Gasteiger partial charge in [0.25, 0.3) is 0 Å². The summed E-state index contributed by atoms with van der Waals surface area (Å²) in [5, 5.41) is 0. The summed E-state index contributed by atoms with van der Waals surface area (Å²) in [5.74, 6) is 0. The Morgan fingerprint density at radius 2 is 2.07 bits per heavy atom. The highest BCUT2D eigenvalue weighted by molar-refractivity contribution is 7.89. The van der Waals surface area contributed by atoms with E-state index in [9.17, 15) is 8.42 Å². The Hall–Kier alpha value is -1.33. The first-order chi connectivity index (χ1) is 6.93. The summed E-state index contributed by atoms with van der Waals surface area (Å²) in [6.45, 7) is 5.58. The highest BCUT2D eigenvalue weighted by Crippen LogP contribution is 2.16. The van der Waals surface area contributed by atoms with Gasteiger partial charge in [-0.25, -0.2) is 13.1 Å². The molecule has 0 spiro atoms. The van der Waals surface area contributed by atoms with E-state index in [0.717, 1.165) is 5.57 Å². The number of hydrogen-bond donors (Lipinski definition) is 2. The number of nitrogens with two attached hydrogens (primary N) is 1. The Balaban J connectivity index is 2.97. The number of nitrogens with one attached hydrogen (secondary N) is 1. The van der Waals surface area contributed by atoms with E-state index in [1.54, 1.807) is 25.1 Å². The molecular weight excluding hydrogens is 212 g/mol. The van der Waals surface area contributed by atoms with Crippen molar-refractivity contribution in [2.75, 3.05) is 12.3 Å². The first-order valence-corrected chi connectivity index (χ1v) is 5.90. The van der Waals surface area contributed by atoms with Gasteiger partial charge in [0.05, 0.1) is 5.69 Å². The van der Waals surface area contributed by atoms with Gasteiger partial charge in [-0.3, -0.25) is 0 Å². The standard InChI is InChI=1S/C10H14N2O2S/c1-8(2)7-12-15(13,14)10-6-4-3-5-9(10)11/h3-6,12H,1,7,11H2,2H3. The number of rotatable bonds is 4. The minimum Gasteiger partial charge on any atom is -0.398 e. The van der Waals surface area contributed by atoms with Gasteiger partial charge in [0.15, 0.2) is 0 Å². The van der Waals surface area contributed by atoms with Gasteiger partial charge in [-0.1, -0.05) is 24.3 Å². The second kappa shape index (κ2) is 4.46. The SMILES string of the molecule is C=C(C)CNS(=O)(=O)c1ccccc1N. The van der Waals surface area contributed by atoms with Crippen molar-refractivity contribution in [1.29, 1.82) is 0 Å². The quantitative estimate of drug-likeness (QED) is 0.597. The second-order valence-corrected chi connectivity index (χ2v) is 5.05. The maximum absolute atomic E-state index is 11.7. The van der Waals surface area contributed by atoms with Crippen molar-refractivity contribution >= 4 is 15.7 Å². The number of para-hydroxylation sites is 1. The molecule has 0 bridgehead atoms. The molecule has 1 aromatic rings. The Morgan fingerprint density at radius 1 is 1.47 bits per heavy atom. The molecule has 0 unspecified atom stereocenters. The molecule has 0 aliphatic rings. The van der Waals surface area contributed by atoms with Crippen LogP contribution in [0.15, 0.2) is 41.3 Å². The first kappa shape index (κ1) is 11.7. The second-order valence-electron chi connectivity index (χ2n) is 3.32. The van der Waals surface area contributed by atoms with Crippen LogP contribution in [0.3, 0.4) is 0 Å². The lowest BCUT2D eigenvalue weighted by Gasteiger charge is -2.08. The number of sulfonamides is 1. The maximum Gasteiger partial charge on any atom is 0.242 e. The zero-order valence-electron chi connectivity index (χ0n) is 8.53. The van der Waals surface area contributed by atoms with Crippen LogP contribution < -0.4 is 10.5 Å². The lowest BCUT2D eigenvalue weighted by Crippen LogP contribution is -2.25. The molecular formula is C10H14N2O2S. The van der Waals surface area contributed by atoms with Crippen LogP contribution in [0.1, 0.15) is 6.92 Å². The Kier molecular flexibility index (Phi) is 3.49. The normalized spacial score (nSPS) is 11.3. The van der Waals surface area contributed by atoms with E-state index in [1.165, 1.54) is 6.07 Å².